The summed E-state index contributed by atoms with van der Waals surface area (Å²) in [6.45, 7) is 1.92. The number of rotatable bonds is 5. The van der Waals surface area contributed by atoms with E-state index >= 15 is 0 Å². The minimum absolute atomic E-state index is 0.0114. The SMILES string of the molecule is COc1ccccc1C(=O)N1CCN(C(=O)CCc2ccccc2F)CC1. The molecule has 1 fully saturated rings. The molecule has 1 heterocycles. The molecular formula is C21H23FN2O3. The summed E-state index contributed by atoms with van der Waals surface area (Å²) < 4.78 is 18.9. The van der Waals surface area contributed by atoms with Gasteiger partial charge in [0.05, 0.1) is 12.7 Å². The Hall–Kier alpha value is -2.89. The van der Waals surface area contributed by atoms with E-state index in [1.807, 2.05) is 6.07 Å². The highest BCUT2D eigenvalue weighted by Crippen LogP contribution is 2.20. The average Bonchev–Trinajstić information content (AvgIpc) is 2.72. The lowest BCUT2D eigenvalue weighted by atomic mass is 10.1. The zero-order valence-electron chi connectivity index (χ0n) is 15.4. The lowest BCUT2D eigenvalue weighted by molar-refractivity contribution is -0.132. The van der Waals surface area contributed by atoms with Crippen LogP contribution in [0.4, 0.5) is 4.39 Å². The van der Waals surface area contributed by atoms with Gasteiger partial charge in [0.15, 0.2) is 0 Å². The van der Waals surface area contributed by atoms with E-state index < -0.39 is 0 Å². The molecule has 2 aromatic carbocycles. The van der Waals surface area contributed by atoms with E-state index in [0.717, 1.165) is 0 Å². The first-order valence-corrected chi connectivity index (χ1v) is 9.03. The van der Waals surface area contributed by atoms with E-state index in [2.05, 4.69) is 0 Å². The van der Waals surface area contributed by atoms with Crippen LogP contribution in [0, 0.1) is 5.82 Å². The Bertz CT molecular complexity index is 817. The second-order valence-corrected chi connectivity index (χ2v) is 6.46. The maximum Gasteiger partial charge on any atom is 0.257 e. The van der Waals surface area contributed by atoms with Crippen LogP contribution in [-0.4, -0.2) is 54.9 Å². The van der Waals surface area contributed by atoms with Gasteiger partial charge in [-0.3, -0.25) is 9.59 Å². The molecule has 1 aliphatic heterocycles. The van der Waals surface area contributed by atoms with Crippen LogP contribution in [-0.2, 0) is 11.2 Å². The Labute approximate surface area is 158 Å². The largest absolute Gasteiger partial charge is 0.496 e. The van der Waals surface area contributed by atoms with Crippen LogP contribution in [0.25, 0.3) is 0 Å². The first kappa shape index (κ1) is 18.9. The monoisotopic (exact) mass is 370 g/mol. The fourth-order valence-corrected chi connectivity index (χ4v) is 3.25. The van der Waals surface area contributed by atoms with Crippen molar-refractivity contribution in [2.24, 2.45) is 0 Å². The summed E-state index contributed by atoms with van der Waals surface area (Å²) in [5, 5.41) is 0. The number of piperazine rings is 1. The molecule has 27 heavy (non-hydrogen) atoms. The van der Waals surface area contributed by atoms with Crippen molar-refractivity contribution in [1.82, 2.24) is 9.80 Å². The lowest BCUT2D eigenvalue weighted by Gasteiger charge is -2.35. The Morgan fingerprint density at radius 1 is 0.963 bits per heavy atom. The number of ether oxygens (including phenoxy) is 1. The molecule has 2 aromatic rings. The average molecular weight is 370 g/mol. The zero-order chi connectivity index (χ0) is 19.2. The molecule has 0 aromatic heterocycles. The molecule has 1 aliphatic rings. The topological polar surface area (TPSA) is 49.9 Å². The van der Waals surface area contributed by atoms with Gasteiger partial charge in [-0.05, 0) is 30.2 Å². The van der Waals surface area contributed by atoms with Crippen molar-refractivity contribution in [3.05, 3.63) is 65.5 Å². The van der Waals surface area contributed by atoms with Crippen molar-refractivity contribution >= 4 is 11.8 Å². The number of nitrogens with zero attached hydrogens (tertiary/aromatic N) is 2. The van der Waals surface area contributed by atoms with Crippen LogP contribution in [0.15, 0.2) is 48.5 Å². The number of methoxy groups -OCH3 is 1. The molecule has 3 rings (SSSR count). The Morgan fingerprint density at radius 2 is 1.59 bits per heavy atom. The third-order valence-corrected chi connectivity index (χ3v) is 4.82. The van der Waals surface area contributed by atoms with Gasteiger partial charge >= 0.3 is 0 Å². The maximum atomic E-state index is 13.7. The molecule has 0 unspecified atom stereocenters. The molecule has 1 saturated heterocycles. The number of aryl methyl sites for hydroxylation is 1. The molecule has 0 radical (unpaired) electrons. The summed E-state index contributed by atoms with van der Waals surface area (Å²) in [7, 11) is 1.54. The third kappa shape index (κ3) is 4.45. The van der Waals surface area contributed by atoms with Crippen LogP contribution in [0.3, 0.4) is 0 Å². The van der Waals surface area contributed by atoms with Crippen molar-refractivity contribution < 1.29 is 18.7 Å². The molecule has 0 spiro atoms. The number of para-hydroxylation sites is 1. The van der Waals surface area contributed by atoms with Gasteiger partial charge in [-0.2, -0.15) is 0 Å². The molecular weight excluding hydrogens is 347 g/mol. The number of carbonyl (C=O) groups is 2. The molecule has 142 valence electrons. The Kier molecular flexibility index (Phi) is 6.06. The summed E-state index contributed by atoms with van der Waals surface area (Å²) >= 11 is 0. The smallest absolute Gasteiger partial charge is 0.257 e. The third-order valence-electron chi connectivity index (χ3n) is 4.82. The van der Waals surface area contributed by atoms with E-state index in [-0.39, 0.29) is 24.1 Å². The standard InChI is InChI=1S/C21H23FN2O3/c1-27-19-9-5-3-7-17(19)21(26)24-14-12-23(13-15-24)20(25)11-10-16-6-2-4-8-18(16)22/h2-9H,10-15H2,1H3. The molecule has 0 bridgehead atoms. The predicted molar refractivity (Wildman–Crippen MR) is 100 cm³/mol. The number of hydrogen-bond acceptors (Lipinski definition) is 3. The van der Waals surface area contributed by atoms with Gasteiger partial charge in [-0.1, -0.05) is 30.3 Å². The van der Waals surface area contributed by atoms with Crippen LogP contribution in [0.2, 0.25) is 0 Å². The normalized spacial score (nSPS) is 14.1. The van der Waals surface area contributed by atoms with Gasteiger partial charge in [-0.25, -0.2) is 4.39 Å². The second-order valence-electron chi connectivity index (χ2n) is 6.46. The highest BCUT2D eigenvalue weighted by Gasteiger charge is 2.26. The fraction of sp³-hybridized carbons (Fsp3) is 0.333. The summed E-state index contributed by atoms with van der Waals surface area (Å²) in [4.78, 5) is 28.6. The molecule has 0 saturated carbocycles. The Morgan fingerprint density at radius 3 is 2.30 bits per heavy atom. The molecule has 0 atom stereocenters. The van der Waals surface area contributed by atoms with E-state index in [1.54, 1.807) is 46.2 Å². The quantitative estimate of drug-likeness (QED) is 0.813. The number of halogens is 1. The van der Waals surface area contributed by atoms with E-state index in [4.69, 9.17) is 4.74 Å². The molecule has 6 heteroatoms. The van der Waals surface area contributed by atoms with E-state index in [9.17, 15) is 14.0 Å². The fourth-order valence-electron chi connectivity index (χ4n) is 3.25. The van der Waals surface area contributed by atoms with Crippen molar-refractivity contribution in [2.45, 2.75) is 12.8 Å². The van der Waals surface area contributed by atoms with Crippen LogP contribution >= 0.6 is 0 Å². The van der Waals surface area contributed by atoms with Gasteiger partial charge in [0, 0.05) is 32.6 Å². The number of hydrogen-bond donors (Lipinski definition) is 0. The number of benzene rings is 2. The molecule has 0 N–H and O–H groups in total. The van der Waals surface area contributed by atoms with Crippen molar-refractivity contribution in [2.75, 3.05) is 33.3 Å². The summed E-state index contributed by atoms with van der Waals surface area (Å²) in [6.07, 6.45) is 0.646. The summed E-state index contributed by atoms with van der Waals surface area (Å²) in [6, 6.07) is 13.6. The van der Waals surface area contributed by atoms with Crippen molar-refractivity contribution in [3.8, 4) is 5.75 Å². The predicted octanol–water partition coefficient (Wildman–Crippen LogP) is 2.75. The minimum Gasteiger partial charge on any atom is -0.496 e. The van der Waals surface area contributed by atoms with Crippen molar-refractivity contribution in [3.63, 3.8) is 0 Å². The lowest BCUT2D eigenvalue weighted by Crippen LogP contribution is -2.50. The first-order chi connectivity index (χ1) is 13.1. The molecule has 0 aliphatic carbocycles. The first-order valence-electron chi connectivity index (χ1n) is 9.03. The molecule has 5 nitrogen and oxygen atoms in total. The van der Waals surface area contributed by atoms with E-state index in [1.165, 1.54) is 13.2 Å². The zero-order valence-corrected chi connectivity index (χ0v) is 15.4. The Balaban J connectivity index is 1.53. The number of carbonyl (C=O) groups excluding carboxylic acids is 2. The minimum atomic E-state index is -0.280. The highest BCUT2D eigenvalue weighted by molar-refractivity contribution is 5.97. The second kappa shape index (κ2) is 8.66. The number of amides is 2. The van der Waals surface area contributed by atoms with E-state index in [0.29, 0.717) is 49.5 Å². The highest BCUT2D eigenvalue weighted by atomic mass is 19.1. The summed E-state index contributed by atoms with van der Waals surface area (Å²) in [5.74, 6) is 0.164. The van der Waals surface area contributed by atoms with Crippen LogP contribution < -0.4 is 4.74 Å². The van der Waals surface area contributed by atoms with Crippen LogP contribution in [0.5, 0.6) is 5.75 Å². The van der Waals surface area contributed by atoms with Crippen molar-refractivity contribution in [1.29, 1.82) is 0 Å². The van der Waals surface area contributed by atoms with Gasteiger partial charge in [-0.15, -0.1) is 0 Å². The maximum absolute atomic E-state index is 13.7. The molecule has 2 amide bonds. The summed E-state index contributed by atoms with van der Waals surface area (Å²) in [5.41, 5.74) is 1.08. The van der Waals surface area contributed by atoms with Gasteiger partial charge < -0.3 is 14.5 Å². The van der Waals surface area contributed by atoms with Gasteiger partial charge in [0.1, 0.15) is 11.6 Å². The van der Waals surface area contributed by atoms with Gasteiger partial charge in [0.2, 0.25) is 5.91 Å². The van der Waals surface area contributed by atoms with Gasteiger partial charge in [0.25, 0.3) is 5.91 Å². The van der Waals surface area contributed by atoms with Crippen LogP contribution in [0.1, 0.15) is 22.3 Å².